The minimum absolute atomic E-state index is 0.0541. The fourth-order valence-corrected chi connectivity index (χ4v) is 5.60. The number of thioether (sulfide) groups is 1. The second kappa shape index (κ2) is 15.9. The highest BCUT2D eigenvalue weighted by molar-refractivity contribution is 7.98. The van der Waals surface area contributed by atoms with Crippen molar-refractivity contribution in [3.8, 4) is 22.9 Å². The van der Waals surface area contributed by atoms with Crippen molar-refractivity contribution in [1.82, 2.24) is 14.5 Å². The van der Waals surface area contributed by atoms with E-state index in [1.54, 1.807) is 55.8 Å². The van der Waals surface area contributed by atoms with Gasteiger partial charge in [0, 0.05) is 54.5 Å². The molecule has 1 aromatic heterocycles. The van der Waals surface area contributed by atoms with E-state index >= 15 is 8.78 Å². The quantitative estimate of drug-likeness (QED) is 0.108. The Morgan fingerprint density at radius 3 is 2.20 bits per heavy atom. The van der Waals surface area contributed by atoms with Gasteiger partial charge in [0.2, 0.25) is 0 Å². The van der Waals surface area contributed by atoms with Gasteiger partial charge in [-0.25, -0.2) is 32.6 Å². The summed E-state index contributed by atoms with van der Waals surface area (Å²) in [4.78, 5) is 30.5. The Hall–Kier alpha value is -5.05. The second-order valence-corrected chi connectivity index (χ2v) is 12.5. The summed E-state index contributed by atoms with van der Waals surface area (Å²) in [6.07, 6.45) is -0.870. The average molecular weight is 703 g/mol. The topological polar surface area (TPSA) is 116 Å². The van der Waals surface area contributed by atoms with Crippen LogP contribution in [0.1, 0.15) is 32.8 Å². The predicted octanol–water partition coefficient (Wildman–Crippen LogP) is 8.05. The lowest BCUT2D eigenvalue weighted by molar-refractivity contribution is 0.0263. The smallest absolute Gasteiger partial charge is 0.419 e. The molecule has 0 spiro atoms. The Kier molecular flexibility index (Phi) is 11.9. The van der Waals surface area contributed by atoms with Crippen molar-refractivity contribution >= 4 is 35.5 Å². The number of halogens is 3. The fraction of sp³-hybridized carbons (Fsp3) is 0.324. The molecule has 0 saturated heterocycles. The highest BCUT2D eigenvalue weighted by Crippen LogP contribution is 2.37. The van der Waals surface area contributed by atoms with Crippen molar-refractivity contribution in [2.75, 3.05) is 39.3 Å². The van der Waals surface area contributed by atoms with Crippen LogP contribution in [-0.4, -0.2) is 71.8 Å². The summed E-state index contributed by atoms with van der Waals surface area (Å²) in [7, 11) is 4.87. The number of aromatic nitrogens is 2. The molecule has 2 amide bonds. The zero-order chi connectivity index (χ0) is 35.9. The van der Waals surface area contributed by atoms with E-state index in [0.717, 1.165) is 29.6 Å². The number of amides is 2. The van der Waals surface area contributed by atoms with Crippen LogP contribution < -0.4 is 19.1 Å². The lowest BCUT2D eigenvalue weighted by atomic mass is 10.2. The van der Waals surface area contributed by atoms with Gasteiger partial charge in [-0.05, 0) is 63.6 Å². The van der Waals surface area contributed by atoms with Crippen LogP contribution >= 0.6 is 11.8 Å². The normalized spacial score (nSPS) is 11.2. The molecular weight excluding hydrogens is 665 g/mol. The van der Waals surface area contributed by atoms with E-state index in [1.807, 2.05) is 18.0 Å². The Balaban J connectivity index is 1.49. The molecule has 0 atom stereocenters. The summed E-state index contributed by atoms with van der Waals surface area (Å²) < 4.78 is 67.3. The van der Waals surface area contributed by atoms with Crippen molar-refractivity contribution in [2.24, 2.45) is 0 Å². The van der Waals surface area contributed by atoms with Crippen LogP contribution in [0.3, 0.4) is 0 Å². The van der Waals surface area contributed by atoms with E-state index in [2.05, 4.69) is 4.98 Å². The van der Waals surface area contributed by atoms with Gasteiger partial charge < -0.3 is 29.0 Å². The minimum atomic E-state index is -1.49. The number of hydrogen-bond donors (Lipinski definition) is 1. The van der Waals surface area contributed by atoms with E-state index in [1.165, 1.54) is 26.4 Å². The summed E-state index contributed by atoms with van der Waals surface area (Å²) in [5.41, 5.74) is 0.191. The van der Waals surface area contributed by atoms with Crippen LogP contribution in [0.5, 0.6) is 17.2 Å². The Morgan fingerprint density at radius 2 is 1.61 bits per heavy atom. The number of carbonyl (C=O) groups excluding carboxylic acids is 1. The Bertz CT molecular complexity index is 1760. The number of benzene rings is 3. The lowest BCUT2D eigenvalue weighted by Crippen LogP contribution is -2.41. The Labute approximate surface area is 286 Å². The highest BCUT2D eigenvalue weighted by Gasteiger charge is 2.27. The van der Waals surface area contributed by atoms with E-state index in [9.17, 15) is 19.1 Å². The van der Waals surface area contributed by atoms with Gasteiger partial charge in [-0.3, -0.25) is 4.57 Å². The molecule has 4 rings (SSSR count). The molecule has 0 aliphatic carbocycles. The number of hydrogen-bond acceptors (Lipinski definition) is 9. The summed E-state index contributed by atoms with van der Waals surface area (Å²) in [6, 6.07) is 13.2. The number of imide groups is 1. The molecule has 49 heavy (non-hydrogen) atoms. The van der Waals surface area contributed by atoms with Crippen molar-refractivity contribution in [3.05, 3.63) is 83.8 Å². The summed E-state index contributed by atoms with van der Waals surface area (Å²) >= 11 is 1.08. The summed E-state index contributed by atoms with van der Waals surface area (Å²) in [5, 5.41) is 9.74. The number of anilines is 2. The fourth-order valence-electron chi connectivity index (χ4n) is 4.60. The van der Waals surface area contributed by atoms with Crippen molar-refractivity contribution in [1.29, 1.82) is 0 Å². The third kappa shape index (κ3) is 9.31. The molecule has 0 aliphatic rings. The SMILES string of the molecule is COc1ccc(N(C)c2cnc(SCc3c(F)cc(OCCCN(C(=O)O)C(=O)OC(C)(C)C)cc3F)n2-c2ccc(F)cc2)cc1OC. The molecule has 15 heteroatoms. The molecular formula is C34H37F3N4O7S. The van der Waals surface area contributed by atoms with Crippen molar-refractivity contribution in [2.45, 2.75) is 43.7 Å². The maximum absolute atomic E-state index is 15.2. The van der Waals surface area contributed by atoms with E-state index in [0.29, 0.717) is 33.1 Å². The lowest BCUT2D eigenvalue weighted by Gasteiger charge is -2.24. The number of ether oxygens (including phenoxy) is 4. The van der Waals surface area contributed by atoms with Crippen LogP contribution in [0.25, 0.3) is 5.69 Å². The molecule has 262 valence electrons. The first-order chi connectivity index (χ1) is 23.2. The van der Waals surface area contributed by atoms with E-state index < -0.39 is 35.2 Å². The molecule has 0 bridgehead atoms. The predicted molar refractivity (Wildman–Crippen MR) is 178 cm³/mol. The number of rotatable bonds is 13. The molecule has 1 heterocycles. The number of carbonyl (C=O) groups is 2. The second-order valence-electron chi connectivity index (χ2n) is 11.6. The van der Waals surface area contributed by atoms with Gasteiger partial charge in [0.15, 0.2) is 16.7 Å². The van der Waals surface area contributed by atoms with Gasteiger partial charge in [0.1, 0.15) is 34.6 Å². The third-order valence-corrected chi connectivity index (χ3v) is 7.97. The molecule has 0 saturated carbocycles. The van der Waals surface area contributed by atoms with Gasteiger partial charge >= 0.3 is 12.2 Å². The molecule has 3 aromatic carbocycles. The van der Waals surface area contributed by atoms with Crippen LogP contribution in [0, 0.1) is 17.5 Å². The highest BCUT2D eigenvalue weighted by atomic mass is 32.2. The van der Waals surface area contributed by atoms with Gasteiger partial charge in [-0.2, -0.15) is 0 Å². The first-order valence-electron chi connectivity index (χ1n) is 15.0. The Morgan fingerprint density at radius 1 is 0.959 bits per heavy atom. The van der Waals surface area contributed by atoms with Crippen LogP contribution in [-0.2, 0) is 10.5 Å². The number of carboxylic acid groups (broad SMARTS) is 1. The number of imidazole rings is 1. The third-order valence-electron chi connectivity index (χ3n) is 6.99. The summed E-state index contributed by atoms with van der Waals surface area (Å²) in [5.74, 6) is -0.742. The van der Waals surface area contributed by atoms with Crippen LogP contribution in [0.2, 0.25) is 0 Å². The molecule has 0 aliphatic heterocycles. The standard InChI is InChI=1S/C34H37F3N4O7S/c1-34(2,3)48-33(44)40(32(42)43)14-7-15-47-24-17-26(36)25(27(37)18-24)20-49-31-38-19-30(41(31)22-10-8-21(35)9-11-22)39(4)23-12-13-28(45-5)29(16-23)46-6/h8-13,16-19H,7,14-15,20H2,1-6H3,(H,42,43). The minimum Gasteiger partial charge on any atom is -0.493 e. The zero-order valence-corrected chi connectivity index (χ0v) is 28.6. The van der Waals surface area contributed by atoms with E-state index in [-0.39, 0.29) is 36.6 Å². The van der Waals surface area contributed by atoms with Crippen LogP contribution in [0.15, 0.2) is 66.0 Å². The molecule has 0 unspecified atom stereocenters. The van der Waals surface area contributed by atoms with Crippen molar-refractivity contribution < 1.29 is 46.8 Å². The molecule has 11 nitrogen and oxygen atoms in total. The molecule has 0 fully saturated rings. The maximum Gasteiger partial charge on any atom is 0.419 e. The first-order valence-corrected chi connectivity index (χ1v) is 16.0. The van der Waals surface area contributed by atoms with Crippen LogP contribution in [0.4, 0.5) is 34.3 Å². The van der Waals surface area contributed by atoms with Gasteiger partial charge in [-0.1, -0.05) is 11.8 Å². The maximum atomic E-state index is 15.2. The van der Waals surface area contributed by atoms with Crippen molar-refractivity contribution in [3.63, 3.8) is 0 Å². The molecule has 0 radical (unpaired) electrons. The largest absolute Gasteiger partial charge is 0.493 e. The zero-order valence-electron chi connectivity index (χ0n) is 27.8. The molecule has 4 aromatic rings. The summed E-state index contributed by atoms with van der Waals surface area (Å²) in [6.45, 7) is 4.46. The van der Waals surface area contributed by atoms with Gasteiger partial charge in [0.05, 0.1) is 27.0 Å². The van der Waals surface area contributed by atoms with E-state index in [4.69, 9.17) is 18.9 Å². The average Bonchev–Trinajstić information content (AvgIpc) is 3.46. The molecule has 1 N–H and O–H groups in total. The van der Waals surface area contributed by atoms with Gasteiger partial charge in [-0.15, -0.1) is 0 Å². The monoisotopic (exact) mass is 702 g/mol. The number of methoxy groups -OCH3 is 2. The van der Waals surface area contributed by atoms with Gasteiger partial charge in [0.25, 0.3) is 0 Å². The number of nitrogens with zero attached hydrogens (tertiary/aromatic N) is 4. The first kappa shape index (κ1) is 36.8.